The Bertz CT molecular complexity index is 468. The van der Waals surface area contributed by atoms with Crippen molar-refractivity contribution in [2.75, 3.05) is 13.1 Å². The second-order valence-corrected chi connectivity index (χ2v) is 6.41. The van der Waals surface area contributed by atoms with E-state index < -0.39 is 0 Å². The number of rotatable bonds is 6. The smallest absolute Gasteiger partial charge is 0.142 e. The molecule has 0 aliphatic carbocycles. The van der Waals surface area contributed by atoms with E-state index in [-0.39, 0.29) is 22.4 Å². The Labute approximate surface area is 132 Å². The Kier molecular flexibility index (Phi) is 5.64. The number of halogens is 2. The molecule has 0 spiro atoms. The summed E-state index contributed by atoms with van der Waals surface area (Å²) in [7, 11) is 0. The molecule has 21 heavy (non-hydrogen) atoms. The molecule has 1 atom stereocenters. The molecule has 2 nitrogen and oxygen atoms in total. The van der Waals surface area contributed by atoms with Crippen molar-refractivity contribution in [3.8, 4) is 0 Å². The van der Waals surface area contributed by atoms with E-state index in [4.69, 9.17) is 17.3 Å². The summed E-state index contributed by atoms with van der Waals surface area (Å²) in [6.07, 6.45) is 5.13. The number of hydrogen-bond acceptors (Lipinski definition) is 2. The summed E-state index contributed by atoms with van der Waals surface area (Å²) >= 11 is 6.09. The normalized spacial score (nSPS) is 18.1. The van der Waals surface area contributed by atoms with Crippen molar-refractivity contribution in [3.63, 3.8) is 0 Å². The van der Waals surface area contributed by atoms with E-state index in [0.717, 1.165) is 31.5 Å². The van der Waals surface area contributed by atoms with Crippen LogP contribution >= 0.6 is 11.6 Å². The summed E-state index contributed by atoms with van der Waals surface area (Å²) in [6.45, 7) is 6.64. The third-order valence-electron chi connectivity index (χ3n) is 5.12. The minimum absolute atomic E-state index is 0.00779. The predicted molar refractivity (Wildman–Crippen MR) is 87.2 cm³/mol. The topological polar surface area (TPSA) is 29.3 Å². The molecule has 0 amide bonds. The second-order valence-electron chi connectivity index (χ2n) is 6.03. The van der Waals surface area contributed by atoms with Crippen LogP contribution in [0.15, 0.2) is 18.2 Å². The molecule has 0 bridgehead atoms. The standard InChI is InChI=1S/C17H26ClFN2/c1-3-17(4-2,21-10-5-6-11-21)15(20)12-13-8-7-9-14(19)16(13)18/h7-9,15H,3-6,10-12,20H2,1-2H3. The van der Waals surface area contributed by atoms with Crippen LogP contribution < -0.4 is 5.73 Å². The van der Waals surface area contributed by atoms with Crippen molar-refractivity contribution in [2.24, 2.45) is 5.73 Å². The van der Waals surface area contributed by atoms with Crippen molar-refractivity contribution >= 4 is 11.6 Å². The third kappa shape index (κ3) is 3.25. The molecule has 2 N–H and O–H groups in total. The van der Waals surface area contributed by atoms with Crippen LogP contribution in [0.2, 0.25) is 5.02 Å². The number of nitrogens with zero attached hydrogens (tertiary/aromatic N) is 1. The van der Waals surface area contributed by atoms with E-state index >= 15 is 0 Å². The lowest BCUT2D eigenvalue weighted by Gasteiger charge is -2.45. The summed E-state index contributed by atoms with van der Waals surface area (Å²) in [5, 5.41) is 0.218. The summed E-state index contributed by atoms with van der Waals surface area (Å²) in [4.78, 5) is 2.53. The highest BCUT2D eigenvalue weighted by Gasteiger charge is 2.40. The molecule has 118 valence electrons. The van der Waals surface area contributed by atoms with E-state index in [9.17, 15) is 4.39 Å². The fourth-order valence-electron chi connectivity index (χ4n) is 3.75. The number of nitrogens with two attached hydrogens (primary N) is 1. The zero-order chi connectivity index (χ0) is 15.5. The van der Waals surface area contributed by atoms with Gasteiger partial charge in [0.1, 0.15) is 5.82 Å². The lowest BCUT2D eigenvalue weighted by atomic mass is 9.80. The van der Waals surface area contributed by atoms with Crippen LogP contribution in [-0.2, 0) is 6.42 Å². The summed E-state index contributed by atoms with van der Waals surface area (Å²) < 4.78 is 13.6. The van der Waals surface area contributed by atoms with Crippen LogP contribution in [0.3, 0.4) is 0 Å². The van der Waals surface area contributed by atoms with E-state index in [1.54, 1.807) is 6.07 Å². The lowest BCUT2D eigenvalue weighted by molar-refractivity contribution is 0.0768. The summed E-state index contributed by atoms with van der Waals surface area (Å²) in [5.41, 5.74) is 7.39. The maximum Gasteiger partial charge on any atom is 0.142 e. The van der Waals surface area contributed by atoms with E-state index in [2.05, 4.69) is 18.7 Å². The Morgan fingerprint density at radius 1 is 1.29 bits per heavy atom. The predicted octanol–water partition coefficient (Wildman–Crippen LogP) is 4.00. The molecule has 1 heterocycles. The van der Waals surface area contributed by atoms with Crippen molar-refractivity contribution in [3.05, 3.63) is 34.6 Å². The van der Waals surface area contributed by atoms with Crippen LogP contribution in [0.5, 0.6) is 0 Å². The molecule has 1 aromatic carbocycles. The first-order valence-corrected chi connectivity index (χ1v) is 8.36. The molecule has 1 saturated heterocycles. The van der Waals surface area contributed by atoms with Gasteiger partial charge in [-0.3, -0.25) is 4.90 Å². The molecule has 0 aromatic heterocycles. The van der Waals surface area contributed by atoms with Crippen molar-refractivity contribution in [1.29, 1.82) is 0 Å². The van der Waals surface area contributed by atoms with E-state index in [0.29, 0.717) is 6.42 Å². The van der Waals surface area contributed by atoms with Gasteiger partial charge in [-0.1, -0.05) is 37.6 Å². The molecule has 1 aliphatic heterocycles. The Balaban J connectivity index is 2.22. The van der Waals surface area contributed by atoms with Gasteiger partial charge < -0.3 is 5.73 Å². The van der Waals surface area contributed by atoms with Gasteiger partial charge in [0.05, 0.1) is 5.02 Å². The minimum Gasteiger partial charge on any atom is -0.326 e. The maximum absolute atomic E-state index is 13.6. The Hall–Kier alpha value is -0.640. The number of hydrogen-bond donors (Lipinski definition) is 1. The third-order valence-corrected chi connectivity index (χ3v) is 5.55. The molecular weight excluding hydrogens is 287 g/mol. The van der Waals surface area contributed by atoms with E-state index in [1.807, 2.05) is 6.07 Å². The van der Waals surface area contributed by atoms with Crippen LogP contribution in [0, 0.1) is 5.82 Å². The van der Waals surface area contributed by atoms with Crippen LogP contribution in [0.1, 0.15) is 45.1 Å². The van der Waals surface area contributed by atoms with Gasteiger partial charge in [0.15, 0.2) is 0 Å². The average molecular weight is 313 g/mol. The fourth-order valence-corrected chi connectivity index (χ4v) is 3.95. The van der Waals surface area contributed by atoms with Gasteiger partial charge in [-0.2, -0.15) is 0 Å². The first-order valence-electron chi connectivity index (χ1n) is 7.98. The monoisotopic (exact) mass is 312 g/mol. The van der Waals surface area contributed by atoms with Gasteiger partial charge in [0, 0.05) is 11.6 Å². The SMILES string of the molecule is CCC(CC)(C(N)Cc1cccc(F)c1Cl)N1CCCC1. The number of benzene rings is 1. The van der Waals surface area contributed by atoms with Gasteiger partial charge in [0.25, 0.3) is 0 Å². The first-order chi connectivity index (χ1) is 10.0. The fraction of sp³-hybridized carbons (Fsp3) is 0.647. The molecule has 0 radical (unpaired) electrons. The van der Waals surface area contributed by atoms with Gasteiger partial charge in [-0.15, -0.1) is 0 Å². The molecule has 0 saturated carbocycles. The molecule has 1 fully saturated rings. The van der Waals surface area contributed by atoms with Crippen LogP contribution in [-0.4, -0.2) is 29.6 Å². The largest absolute Gasteiger partial charge is 0.326 e. The quantitative estimate of drug-likeness (QED) is 0.860. The highest BCUT2D eigenvalue weighted by molar-refractivity contribution is 6.31. The van der Waals surface area contributed by atoms with Crippen LogP contribution in [0.4, 0.5) is 4.39 Å². The highest BCUT2D eigenvalue weighted by atomic mass is 35.5. The Morgan fingerprint density at radius 2 is 1.90 bits per heavy atom. The maximum atomic E-state index is 13.6. The highest BCUT2D eigenvalue weighted by Crippen LogP contribution is 2.33. The van der Waals surface area contributed by atoms with Gasteiger partial charge in [-0.05, 0) is 56.8 Å². The van der Waals surface area contributed by atoms with Crippen molar-refractivity contribution in [1.82, 2.24) is 4.90 Å². The molecule has 1 aromatic rings. The molecule has 2 rings (SSSR count). The first kappa shape index (κ1) is 16.7. The van der Waals surface area contributed by atoms with Gasteiger partial charge in [0.2, 0.25) is 0 Å². The summed E-state index contributed by atoms with van der Waals surface area (Å²) in [6, 6.07) is 4.94. The molecule has 1 unspecified atom stereocenters. The molecule has 4 heteroatoms. The molecule has 1 aliphatic rings. The van der Waals surface area contributed by atoms with Crippen molar-refractivity contribution < 1.29 is 4.39 Å². The van der Waals surface area contributed by atoms with Crippen LogP contribution in [0.25, 0.3) is 0 Å². The average Bonchev–Trinajstić information content (AvgIpc) is 3.00. The summed E-state index contributed by atoms with van der Waals surface area (Å²) in [5.74, 6) is -0.360. The zero-order valence-corrected chi connectivity index (χ0v) is 13.8. The zero-order valence-electron chi connectivity index (χ0n) is 13.0. The lowest BCUT2D eigenvalue weighted by Crippen LogP contribution is -2.59. The molecular formula is C17H26ClFN2. The number of likely N-dealkylation sites (tertiary alicyclic amines) is 1. The minimum atomic E-state index is -0.360. The Morgan fingerprint density at radius 3 is 2.48 bits per heavy atom. The van der Waals surface area contributed by atoms with Crippen molar-refractivity contribution in [2.45, 2.75) is 57.5 Å². The second kappa shape index (κ2) is 7.08. The van der Waals surface area contributed by atoms with Gasteiger partial charge >= 0.3 is 0 Å². The van der Waals surface area contributed by atoms with Gasteiger partial charge in [-0.25, -0.2) is 4.39 Å². The van der Waals surface area contributed by atoms with E-state index in [1.165, 1.54) is 18.9 Å².